The largest absolute Gasteiger partial charge is 0.760 e. The highest BCUT2D eigenvalue weighted by atomic mass is 32.2. The maximum absolute atomic E-state index is 11.1. The minimum atomic E-state index is -2.31. The number of anilines is 1. The van der Waals surface area contributed by atoms with Gasteiger partial charge in [-0.2, -0.15) is 0 Å². The van der Waals surface area contributed by atoms with E-state index < -0.39 is 11.3 Å². The summed E-state index contributed by atoms with van der Waals surface area (Å²) in [6.07, 6.45) is 3.46. The van der Waals surface area contributed by atoms with Crippen LogP contribution in [-0.2, 0) is 23.2 Å². The Morgan fingerprint density at radius 2 is 1.78 bits per heavy atom. The fourth-order valence-electron chi connectivity index (χ4n) is 3.91. The number of benzene rings is 2. The average molecular weight is 445 g/mol. The van der Waals surface area contributed by atoms with E-state index in [0.29, 0.717) is 18.9 Å². The van der Waals surface area contributed by atoms with Gasteiger partial charge in [-0.1, -0.05) is 48.5 Å². The van der Waals surface area contributed by atoms with Gasteiger partial charge in [0.2, 0.25) is 0 Å². The zero-order chi connectivity index (χ0) is 22.0. The molecule has 1 aliphatic carbocycles. The minimum absolute atomic E-state index is 0.298. The van der Waals surface area contributed by atoms with E-state index in [1.165, 1.54) is 0 Å². The van der Waals surface area contributed by atoms with E-state index in [4.69, 9.17) is 9.97 Å². The van der Waals surface area contributed by atoms with Crippen LogP contribution in [0.2, 0.25) is 0 Å². The SMILES string of the molecule is O=S([O-])NCC1(c2nc(NCc3ccccn3)c3c(-c4ccccc4)cccc3n2)CC1. The summed E-state index contributed by atoms with van der Waals surface area (Å²) < 4.78 is 24.7. The fourth-order valence-corrected chi connectivity index (χ4v) is 4.30. The van der Waals surface area contributed by atoms with Crippen LogP contribution in [0.5, 0.6) is 0 Å². The topological polar surface area (TPSA) is 103 Å². The van der Waals surface area contributed by atoms with E-state index in [9.17, 15) is 8.76 Å². The lowest BCUT2D eigenvalue weighted by atomic mass is 10.00. The van der Waals surface area contributed by atoms with Crippen molar-refractivity contribution >= 4 is 28.0 Å². The summed E-state index contributed by atoms with van der Waals surface area (Å²) in [7, 11) is 0. The molecule has 1 unspecified atom stereocenters. The predicted molar refractivity (Wildman–Crippen MR) is 124 cm³/mol. The predicted octanol–water partition coefficient (Wildman–Crippen LogP) is 3.72. The summed E-state index contributed by atoms with van der Waals surface area (Å²) in [5, 5.41) is 4.40. The van der Waals surface area contributed by atoms with E-state index in [1.807, 2.05) is 48.5 Å². The van der Waals surface area contributed by atoms with Gasteiger partial charge in [-0.25, -0.2) is 14.7 Å². The van der Waals surface area contributed by atoms with Gasteiger partial charge >= 0.3 is 0 Å². The second kappa shape index (κ2) is 8.74. The highest BCUT2D eigenvalue weighted by Crippen LogP contribution is 2.47. The third-order valence-corrected chi connectivity index (χ3v) is 6.21. The highest BCUT2D eigenvalue weighted by Gasteiger charge is 2.47. The molecule has 2 aromatic carbocycles. The summed E-state index contributed by atoms with van der Waals surface area (Å²) in [6, 6.07) is 22.0. The van der Waals surface area contributed by atoms with E-state index in [0.717, 1.165) is 46.4 Å². The molecule has 2 aromatic heterocycles. The van der Waals surface area contributed by atoms with Crippen molar-refractivity contribution < 1.29 is 8.76 Å². The Kier molecular flexibility index (Phi) is 5.65. The second-order valence-corrected chi connectivity index (χ2v) is 8.73. The summed E-state index contributed by atoms with van der Waals surface area (Å²) in [6.45, 7) is 0.817. The van der Waals surface area contributed by atoms with Crippen LogP contribution < -0.4 is 10.0 Å². The molecular weight excluding hydrogens is 422 g/mol. The summed E-state index contributed by atoms with van der Waals surface area (Å²) in [4.78, 5) is 14.2. The van der Waals surface area contributed by atoms with Gasteiger partial charge in [-0.05, 0) is 42.2 Å². The quantitative estimate of drug-likeness (QED) is 0.402. The van der Waals surface area contributed by atoms with Crippen molar-refractivity contribution in [2.45, 2.75) is 24.8 Å². The molecule has 1 saturated carbocycles. The summed E-state index contributed by atoms with van der Waals surface area (Å²) >= 11 is -2.31. The molecule has 5 rings (SSSR count). The Morgan fingerprint density at radius 3 is 2.50 bits per heavy atom. The Bertz CT molecular complexity index is 1260. The first-order valence-electron chi connectivity index (χ1n) is 10.5. The van der Waals surface area contributed by atoms with Crippen LogP contribution in [-0.4, -0.2) is 30.3 Å². The second-order valence-electron chi connectivity index (χ2n) is 7.97. The molecule has 0 bridgehead atoms. The molecule has 0 amide bonds. The molecule has 2 N–H and O–H groups in total. The molecule has 4 aromatic rings. The number of hydrogen-bond acceptors (Lipinski definition) is 6. The highest BCUT2D eigenvalue weighted by molar-refractivity contribution is 7.77. The Hall–Kier alpha value is -3.20. The molecule has 2 heterocycles. The maximum Gasteiger partial charge on any atom is 0.138 e. The molecule has 32 heavy (non-hydrogen) atoms. The maximum atomic E-state index is 11.1. The molecule has 0 radical (unpaired) electrons. The van der Waals surface area contributed by atoms with Gasteiger partial charge in [0.25, 0.3) is 0 Å². The lowest BCUT2D eigenvalue weighted by Gasteiger charge is -2.19. The average Bonchev–Trinajstić information content (AvgIpc) is 3.63. The number of rotatable bonds is 8. The molecule has 0 saturated heterocycles. The lowest BCUT2D eigenvalue weighted by Crippen LogP contribution is -2.30. The van der Waals surface area contributed by atoms with E-state index >= 15 is 0 Å². The lowest BCUT2D eigenvalue weighted by molar-refractivity contribution is 0.511. The van der Waals surface area contributed by atoms with Crippen LogP contribution >= 0.6 is 0 Å². The molecule has 162 valence electrons. The number of fused-ring (bicyclic) bond motifs is 1. The number of pyridine rings is 1. The van der Waals surface area contributed by atoms with Gasteiger partial charge in [0.05, 0.1) is 23.1 Å². The van der Waals surface area contributed by atoms with Gasteiger partial charge in [0.15, 0.2) is 0 Å². The summed E-state index contributed by atoms with van der Waals surface area (Å²) in [5.41, 5.74) is 3.50. The van der Waals surface area contributed by atoms with Gasteiger partial charge in [0.1, 0.15) is 11.6 Å². The third-order valence-electron chi connectivity index (χ3n) is 5.83. The summed E-state index contributed by atoms with van der Waals surface area (Å²) in [5.74, 6) is 1.39. The van der Waals surface area contributed by atoms with Crippen LogP contribution in [0.1, 0.15) is 24.4 Å². The van der Waals surface area contributed by atoms with Crippen LogP contribution in [0.4, 0.5) is 5.82 Å². The van der Waals surface area contributed by atoms with Crippen LogP contribution in [0, 0.1) is 0 Å². The molecular formula is C24H22N5O2S-. The van der Waals surface area contributed by atoms with E-state index in [2.05, 4.69) is 33.2 Å². The molecule has 1 aliphatic rings. The monoisotopic (exact) mass is 444 g/mol. The van der Waals surface area contributed by atoms with Crippen molar-refractivity contribution in [2.75, 3.05) is 11.9 Å². The molecule has 0 aliphatic heterocycles. The third kappa shape index (κ3) is 4.25. The molecule has 1 atom stereocenters. The Labute approximate surface area is 188 Å². The normalized spacial score (nSPS) is 15.4. The smallest absolute Gasteiger partial charge is 0.138 e. The number of nitrogens with zero attached hydrogens (tertiary/aromatic N) is 3. The van der Waals surface area contributed by atoms with E-state index in [-0.39, 0.29) is 5.41 Å². The van der Waals surface area contributed by atoms with Crippen molar-refractivity contribution in [3.8, 4) is 11.1 Å². The van der Waals surface area contributed by atoms with Crippen molar-refractivity contribution in [2.24, 2.45) is 0 Å². The standard InChI is InChI=1S/C24H23N5O2S/c30-32(31)27-16-24(12-13-24)23-28-20-11-6-10-19(17-7-2-1-3-8-17)21(20)22(29-23)26-15-18-9-4-5-14-25-18/h1-11,14,27H,12-13,15-16H2,(H,30,31)(H,26,28,29)/p-1. The molecule has 0 spiro atoms. The van der Waals surface area contributed by atoms with Crippen molar-refractivity contribution in [3.05, 3.63) is 84.4 Å². The first kappa shape index (κ1) is 20.7. The Morgan fingerprint density at radius 1 is 0.969 bits per heavy atom. The molecule has 8 heteroatoms. The van der Waals surface area contributed by atoms with Crippen molar-refractivity contribution in [1.82, 2.24) is 19.7 Å². The number of aromatic nitrogens is 3. The van der Waals surface area contributed by atoms with Crippen LogP contribution in [0.15, 0.2) is 72.9 Å². The fraction of sp³-hybridized carbons (Fsp3) is 0.208. The first-order chi connectivity index (χ1) is 15.6. The van der Waals surface area contributed by atoms with Crippen LogP contribution in [0.25, 0.3) is 22.0 Å². The van der Waals surface area contributed by atoms with Gasteiger partial charge in [-0.3, -0.25) is 9.19 Å². The zero-order valence-electron chi connectivity index (χ0n) is 17.3. The van der Waals surface area contributed by atoms with Gasteiger partial charge in [0, 0.05) is 29.4 Å². The number of nitrogens with one attached hydrogen (secondary N) is 2. The molecule has 7 nitrogen and oxygen atoms in total. The van der Waals surface area contributed by atoms with Crippen molar-refractivity contribution in [3.63, 3.8) is 0 Å². The van der Waals surface area contributed by atoms with Crippen LogP contribution in [0.3, 0.4) is 0 Å². The van der Waals surface area contributed by atoms with Crippen molar-refractivity contribution in [1.29, 1.82) is 0 Å². The van der Waals surface area contributed by atoms with Gasteiger partial charge in [-0.15, -0.1) is 0 Å². The Balaban J connectivity index is 1.61. The van der Waals surface area contributed by atoms with E-state index in [1.54, 1.807) is 6.20 Å². The zero-order valence-corrected chi connectivity index (χ0v) is 18.1. The number of hydrogen-bond donors (Lipinski definition) is 2. The molecule has 1 fully saturated rings. The first-order valence-corrected chi connectivity index (χ1v) is 11.6. The van der Waals surface area contributed by atoms with Gasteiger partial charge < -0.3 is 9.87 Å². The minimum Gasteiger partial charge on any atom is -0.760 e.